The monoisotopic (exact) mass is 372 g/mol. The number of likely N-dealkylation sites (tertiary alicyclic amines) is 2. The van der Waals surface area contributed by atoms with Gasteiger partial charge < -0.3 is 19.9 Å². The number of ether oxygens (including phenoxy) is 1. The van der Waals surface area contributed by atoms with Gasteiger partial charge in [-0.15, -0.1) is 0 Å². The fourth-order valence-electron chi connectivity index (χ4n) is 3.94. The smallest absolute Gasteiger partial charge is 0.193 e. The predicted molar refractivity (Wildman–Crippen MR) is 113 cm³/mol. The molecule has 2 fully saturated rings. The summed E-state index contributed by atoms with van der Waals surface area (Å²) in [6.45, 7) is 9.86. The van der Waals surface area contributed by atoms with Gasteiger partial charge in [0.15, 0.2) is 5.96 Å². The van der Waals surface area contributed by atoms with Crippen LogP contribution in [0.3, 0.4) is 0 Å². The van der Waals surface area contributed by atoms with E-state index in [9.17, 15) is 0 Å². The van der Waals surface area contributed by atoms with Crippen molar-refractivity contribution in [1.82, 2.24) is 15.1 Å². The zero-order valence-corrected chi connectivity index (χ0v) is 16.9. The van der Waals surface area contributed by atoms with Crippen LogP contribution in [0.15, 0.2) is 35.3 Å². The zero-order chi connectivity index (χ0) is 18.7. The summed E-state index contributed by atoms with van der Waals surface area (Å²) in [6.07, 6.45) is 7.61. The highest BCUT2D eigenvalue weighted by Gasteiger charge is 2.22. The number of hydrogen-bond acceptors (Lipinski definition) is 3. The van der Waals surface area contributed by atoms with Gasteiger partial charge in [-0.05, 0) is 64.4 Å². The second-order valence-electron chi connectivity index (χ2n) is 7.61. The van der Waals surface area contributed by atoms with Crippen LogP contribution in [0, 0.1) is 0 Å². The van der Waals surface area contributed by atoms with Gasteiger partial charge in [0.05, 0.1) is 0 Å². The first-order valence-corrected chi connectivity index (χ1v) is 10.8. The molecule has 27 heavy (non-hydrogen) atoms. The molecule has 2 aliphatic heterocycles. The lowest BCUT2D eigenvalue weighted by Crippen LogP contribution is -2.47. The molecule has 1 N–H and O–H groups in total. The Bertz CT molecular complexity index is 549. The third-order valence-corrected chi connectivity index (χ3v) is 5.47. The van der Waals surface area contributed by atoms with Crippen molar-refractivity contribution >= 4 is 5.96 Å². The van der Waals surface area contributed by atoms with E-state index >= 15 is 0 Å². The second kappa shape index (κ2) is 11.2. The van der Waals surface area contributed by atoms with Crippen LogP contribution >= 0.6 is 0 Å². The Balaban J connectivity index is 1.38. The highest BCUT2D eigenvalue weighted by molar-refractivity contribution is 5.80. The molecule has 0 aromatic heterocycles. The van der Waals surface area contributed by atoms with Crippen LogP contribution in [-0.2, 0) is 0 Å². The SMILES string of the molecule is CCNC(=NCCCCN1CCCC1)N1CCC(Oc2ccccc2)CC1. The van der Waals surface area contributed by atoms with E-state index < -0.39 is 0 Å². The van der Waals surface area contributed by atoms with Crippen LogP contribution in [-0.4, -0.2) is 67.7 Å². The fourth-order valence-corrected chi connectivity index (χ4v) is 3.94. The third-order valence-electron chi connectivity index (χ3n) is 5.47. The molecule has 0 radical (unpaired) electrons. The Labute approximate surface area is 164 Å². The van der Waals surface area contributed by atoms with Gasteiger partial charge in [0.1, 0.15) is 11.9 Å². The number of aliphatic imine (C=N–C) groups is 1. The fraction of sp³-hybridized carbons (Fsp3) is 0.682. The lowest BCUT2D eigenvalue weighted by molar-refractivity contribution is 0.129. The van der Waals surface area contributed by atoms with Crippen molar-refractivity contribution in [1.29, 1.82) is 0 Å². The molecule has 0 saturated carbocycles. The van der Waals surface area contributed by atoms with Crippen LogP contribution in [0.25, 0.3) is 0 Å². The highest BCUT2D eigenvalue weighted by atomic mass is 16.5. The van der Waals surface area contributed by atoms with E-state index in [4.69, 9.17) is 9.73 Å². The van der Waals surface area contributed by atoms with E-state index in [1.807, 2.05) is 30.3 Å². The molecule has 3 rings (SSSR count). The minimum Gasteiger partial charge on any atom is -0.490 e. The van der Waals surface area contributed by atoms with E-state index in [1.54, 1.807) is 0 Å². The summed E-state index contributed by atoms with van der Waals surface area (Å²) in [6, 6.07) is 10.2. The molecule has 2 aliphatic rings. The minimum atomic E-state index is 0.312. The van der Waals surface area contributed by atoms with Crippen molar-refractivity contribution in [3.05, 3.63) is 30.3 Å². The van der Waals surface area contributed by atoms with E-state index in [0.717, 1.165) is 50.7 Å². The maximum Gasteiger partial charge on any atom is 0.193 e. The first kappa shape index (κ1) is 20.0. The molecule has 0 bridgehead atoms. The molecular weight excluding hydrogens is 336 g/mol. The molecule has 0 aliphatic carbocycles. The number of benzene rings is 1. The van der Waals surface area contributed by atoms with Crippen molar-refractivity contribution in [3.8, 4) is 5.75 Å². The summed E-state index contributed by atoms with van der Waals surface area (Å²) in [5.41, 5.74) is 0. The first-order valence-electron chi connectivity index (χ1n) is 10.8. The summed E-state index contributed by atoms with van der Waals surface area (Å²) < 4.78 is 6.11. The number of unbranched alkanes of at least 4 members (excludes halogenated alkanes) is 1. The standard InChI is InChI=1S/C22H36N4O/c1-2-23-22(24-14-6-7-15-25-16-8-9-17-25)26-18-12-21(13-19-26)27-20-10-4-3-5-11-20/h3-5,10-11,21H,2,6-9,12-19H2,1H3,(H,23,24). The Morgan fingerprint density at radius 2 is 1.81 bits per heavy atom. The number of para-hydroxylation sites is 1. The molecule has 0 atom stereocenters. The number of rotatable bonds is 8. The molecule has 0 spiro atoms. The summed E-state index contributed by atoms with van der Waals surface area (Å²) >= 11 is 0. The Morgan fingerprint density at radius 3 is 2.52 bits per heavy atom. The van der Waals surface area contributed by atoms with Crippen LogP contribution < -0.4 is 10.1 Å². The molecule has 150 valence electrons. The van der Waals surface area contributed by atoms with Gasteiger partial charge in [-0.1, -0.05) is 18.2 Å². The number of nitrogens with zero attached hydrogens (tertiary/aromatic N) is 3. The maximum absolute atomic E-state index is 6.11. The predicted octanol–water partition coefficient (Wildman–Crippen LogP) is 3.37. The largest absolute Gasteiger partial charge is 0.490 e. The van der Waals surface area contributed by atoms with E-state index in [-0.39, 0.29) is 0 Å². The summed E-state index contributed by atoms with van der Waals surface area (Å²) in [4.78, 5) is 9.87. The molecule has 1 aromatic rings. The van der Waals surface area contributed by atoms with Gasteiger partial charge in [0.2, 0.25) is 0 Å². The van der Waals surface area contributed by atoms with Gasteiger partial charge in [0.25, 0.3) is 0 Å². The normalized spacial score (nSPS) is 19.4. The average Bonchev–Trinajstić information content (AvgIpc) is 3.22. The summed E-state index contributed by atoms with van der Waals surface area (Å²) in [7, 11) is 0. The molecule has 2 heterocycles. The van der Waals surface area contributed by atoms with Crippen molar-refractivity contribution in [3.63, 3.8) is 0 Å². The molecule has 5 nitrogen and oxygen atoms in total. The number of piperidine rings is 1. The van der Waals surface area contributed by atoms with Crippen molar-refractivity contribution in [2.45, 2.75) is 51.6 Å². The molecule has 1 aromatic carbocycles. The number of nitrogens with one attached hydrogen (secondary N) is 1. The van der Waals surface area contributed by atoms with Crippen molar-refractivity contribution < 1.29 is 4.74 Å². The lowest BCUT2D eigenvalue weighted by atomic mass is 10.1. The average molecular weight is 373 g/mol. The van der Waals surface area contributed by atoms with Gasteiger partial charge in [-0.3, -0.25) is 4.99 Å². The molecule has 0 unspecified atom stereocenters. The van der Waals surface area contributed by atoms with Gasteiger partial charge in [-0.25, -0.2) is 0 Å². The van der Waals surface area contributed by atoms with Crippen molar-refractivity contribution in [2.24, 2.45) is 4.99 Å². The van der Waals surface area contributed by atoms with Crippen molar-refractivity contribution in [2.75, 3.05) is 45.8 Å². The first-order chi connectivity index (χ1) is 13.3. The molecule has 0 amide bonds. The van der Waals surface area contributed by atoms with E-state index in [0.29, 0.717) is 6.10 Å². The zero-order valence-electron chi connectivity index (χ0n) is 16.9. The lowest BCUT2D eigenvalue weighted by Gasteiger charge is -2.34. The summed E-state index contributed by atoms with van der Waals surface area (Å²) in [5, 5.41) is 3.47. The highest BCUT2D eigenvalue weighted by Crippen LogP contribution is 2.18. The van der Waals surface area contributed by atoms with Gasteiger partial charge >= 0.3 is 0 Å². The van der Waals surface area contributed by atoms with E-state index in [1.165, 1.54) is 45.3 Å². The van der Waals surface area contributed by atoms with E-state index in [2.05, 4.69) is 22.0 Å². The molecule has 2 saturated heterocycles. The number of hydrogen-bond donors (Lipinski definition) is 1. The minimum absolute atomic E-state index is 0.312. The Hall–Kier alpha value is -1.75. The van der Waals surface area contributed by atoms with Crippen LogP contribution in [0.1, 0.15) is 45.4 Å². The third kappa shape index (κ3) is 6.73. The maximum atomic E-state index is 6.11. The topological polar surface area (TPSA) is 40.1 Å². The van der Waals surface area contributed by atoms with Gasteiger partial charge in [-0.2, -0.15) is 0 Å². The van der Waals surface area contributed by atoms with Crippen LogP contribution in [0.4, 0.5) is 0 Å². The Morgan fingerprint density at radius 1 is 1.07 bits per heavy atom. The quantitative estimate of drug-likeness (QED) is 0.431. The second-order valence-corrected chi connectivity index (χ2v) is 7.61. The Kier molecular flexibility index (Phi) is 8.28. The molecular formula is C22H36N4O. The molecule has 5 heteroatoms. The van der Waals surface area contributed by atoms with Gasteiger partial charge in [0, 0.05) is 39.0 Å². The number of guanidine groups is 1. The van der Waals surface area contributed by atoms with Crippen LogP contribution in [0.2, 0.25) is 0 Å². The van der Waals surface area contributed by atoms with Crippen LogP contribution in [0.5, 0.6) is 5.75 Å². The summed E-state index contributed by atoms with van der Waals surface area (Å²) in [5.74, 6) is 2.06.